The number of nitrogens with one attached hydrogen (secondary N) is 1. The van der Waals surface area contributed by atoms with Crippen LogP contribution < -0.4 is 5.32 Å². The van der Waals surface area contributed by atoms with Crippen molar-refractivity contribution in [1.82, 2.24) is 0 Å². The smallest absolute Gasteiger partial charge is 0.350 e. The Morgan fingerprint density at radius 1 is 1.07 bits per heavy atom. The zero-order valence-electron chi connectivity index (χ0n) is 15.4. The van der Waals surface area contributed by atoms with Gasteiger partial charge in [-0.2, -0.15) is 0 Å². The second kappa shape index (κ2) is 9.25. The van der Waals surface area contributed by atoms with Crippen LogP contribution in [0.5, 0.6) is 0 Å². The number of carbonyl (C=O) groups excluding carboxylic acids is 2. The molecule has 0 saturated carbocycles. The molecule has 0 aliphatic heterocycles. The summed E-state index contributed by atoms with van der Waals surface area (Å²) in [6, 6.07) is 13.3. The third kappa shape index (κ3) is 5.36. The van der Waals surface area contributed by atoms with Crippen molar-refractivity contribution in [3.8, 4) is 10.4 Å². The molecular weight excluding hydrogens is 396 g/mol. The number of esters is 1. The second-order valence-electron chi connectivity index (χ2n) is 5.96. The van der Waals surface area contributed by atoms with E-state index < -0.39 is 17.7 Å². The summed E-state index contributed by atoms with van der Waals surface area (Å²) in [6.07, 6.45) is 2.72. The van der Waals surface area contributed by atoms with Gasteiger partial charge in [-0.15, -0.1) is 11.3 Å². The molecule has 3 aromatic rings. The van der Waals surface area contributed by atoms with Crippen LogP contribution >= 0.6 is 11.3 Å². The molecule has 2 aromatic carbocycles. The predicted molar refractivity (Wildman–Crippen MR) is 110 cm³/mol. The molecule has 7 heteroatoms. The van der Waals surface area contributed by atoms with E-state index in [0.29, 0.717) is 21.7 Å². The number of hydrogen-bond acceptors (Lipinski definition) is 4. The lowest BCUT2D eigenvalue weighted by atomic mass is 10.2. The van der Waals surface area contributed by atoms with Gasteiger partial charge in [-0.3, -0.25) is 4.79 Å². The number of carbonyl (C=O) groups is 2. The highest BCUT2D eigenvalue weighted by Gasteiger charge is 2.19. The number of rotatable bonds is 6. The van der Waals surface area contributed by atoms with E-state index in [9.17, 15) is 18.4 Å². The van der Waals surface area contributed by atoms with Crippen LogP contribution in [0.1, 0.15) is 22.2 Å². The van der Waals surface area contributed by atoms with Crippen molar-refractivity contribution in [1.29, 1.82) is 0 Å². The average molecular weight is 413 g/mol. The van der Waals surface area contributed by atoms with Gasteiger partial charge in [-0.25, -0.2) is 13.6 Å². The number of halogens is 2. The van der Waals surface area contributed by atoms with Crippen LogP contribution in [0.3, 0.4) is 0 Å². The number of ether oxygens (including phenoxy) is 1. The molecule has 3 rings (SSSR count). The minimum atomic E-state index is -0.560. The molecule has 0 fully saturated rings. The van der Waals surface area contributed by atoms with Crippen molar-refractivity contribution < 1.29 is 23.1 Å². The fourth-order valence-electron chi connectivity index (χ4n) is 2.55. The second-order valence-corrected chi connectivity index (χ2v) is 7.01. The lowest BCUT2D eigenvalue weighted by Gasteiger charge is -2.04. The Balaban J connectivity index is 1.85. The predicted octanol–water partition coefficient (Wildman–Crippen LogP) is 5.52. The highest BCUT2D eigenvalue weighted by Crippen LogP contribution is 2.35. The van der Waals surface area contributed by atoms with Crippen LogP contribution in [0.25, 0.3) is 16.5 Å². The van der Waals surface area contributed by atoms with Crippen LogP contribution in [-0.2, 0) is 9.53 Å². The van der Waals surface area contributed by atoms with Crippen molar-refractivity contribution in [3.05, 3.63) is 82.7 Å². The molecule has 1 heterocycles. The summed E-state index contributed by atoms with van der Waals surface area (Å²) >= 11 is 1.14. The number of thiophene rings is 1. The molecular formula is C22H17F2NO3S. The molecule has 1 aromatic heterocycles. The molecule has 0 bridgehead atoms. The van der Waals surface area contributed by atoms with Crippen molar-refractivity contribution in [2.24, 2.45) is 0 Å². The number of benzene rings is 2. The van der Waals surface area contributed by atoms with Crippen LogP contribution in [-0.4, -0.2) is 18.5 Å². The van der Waals surface area contributed by atoms with E-state index in [1.54, 1.807) is 37.3 Å². The van der Waals surface area contributed by atoms with Gasteiger partial charge in [0.15, 0.2) is 0 Å². The zero-order chi connectivity index (χ0) is 20.8. The maximum absolute atomic E-state index is 13.2. The fraction of sp³-hybridized carbons (Fsp3) is 0.0909. The van der Waals surface area contributed by atoms with Crippen molar-refractivity contribution >= 4 is 35.0 Å². The van der Waals surface area contributed by atoms with Gasteiger partial charge >= 0.3 is 5.97 Å². The minimum Gasteiger partial charge on any atom is -0.462 e. The molecule has 148 valence electrons. The molecule has 0 saturated heterocycles. The summed E-state index contributed by atoms with van der Waals surface area (Å²) in [6.45, 7) is 1.88. The Labute approximate surface area is 170 Å². The molecule has 0 atom stereocenters. The zero-order valence-corrected chi connectivity index (χ0v) is 16.3. The van der Waals surface area contributed by atoms with Crippen molar-refractivity contribution in [3.63, 3.8) is 0 Å². The monoisotopic (exact) mass is 413 g/mol. The summed E-state index contributed by atoms with van der Waals surface area (Å²) in [5.74, 6) is -1.82. The van der Waals surface area contributed by atoms with Crippen LogP contribution in [0.2, 0.25) is 0 Å². The summed E-state index contributed by atoms with van der Waals surface area (Å²) in [7, 11) is 0. The van der Waals surface area contributed by atoms with Gasteiger partial charge in [0.05, 0.1) is 12.3 Å². The van der Waals surface area contributed by atoms with Gasteiger partial charge in [0.2, 0.25) is 5.91 Å². The Bertz CT molecular complexity index is 1060. The lowest BCUT2D eigenvalue weighted by molar-refractivity contribution is -0.111. The van der Waals surface area contributed by atoms with E-state index in [1.165, 1.54) is 36.4 Å². The van der Waals surface area contributed by atoms with Gasteiger partial charge in [0.25, 0.3) is 0 Å². The Morgan fingerprint density at radius 3 is 2.52 bits per heavy atom. The molecule has 1 amide bonds. The SMILES string of the molecule is CCOC(=O)c1sc(-c2ccc(F)cc2)cc1NC(=O)/C=C/c1cccc(F)c1. The maximum atomic E-state index is 13.2. The quantitative estimate of drug-likeness (QED) is 0.428. The molecule has 4 nitrogen and oxygen atoms in total. The van der Waals surface area contributed by atoms with E-state index in [1.807, 2.05) is 0 Å². The topological polar surface area (TPSA) is 55.4 Å². The first-order valence-electron chi connectivity index (χ1n) is 8.78. The molecule has 0 spiro atoms. The first-order valence-corrected chi connectivity index (χ1v) is 9.59. The van der Waals surface area contributed by atoms with Crippen LogP contribution in [0.15, 0.2) is 60.7 Å². The molecule has 29 heavy (non-hydrogen) atoms. The first kappa shape index (κ1) is 20.4. The van der Waals surface area contributed by atoms with Gasteiger partial charge in [0.1, 0.15) is 16.5 Å². The van der Waals surface area contributed by atoms with E-state index in [4.69, 9.17) is 4.74 Å². The van der Waals surface area contributed by atoms with Crippen molar-refractivity contribution in [2.75, 3.05) is 11.9 Å². The molecule has 0 unspecified atom stereocenters. The first-order chi connectivity index (χ1) is 14.0. The number of amides is 1. The standard InChI is InChI=1S/C22H17F2NO3S/c1-2-28-22(27)21-18(13-19(29-21)15-7-9-16(23)10-8-15)25-20(26)11-6-14-4-3-5-17(24)12-14/h3-13H,2H2,1H3,(H,25,26)/b11-6+. The molecule has 0 aliphatic carbocycles. The molecule has 1 N–H and O–H groups in total. The average Bonchev–Trinajstić information content (AvgIpc) is 3.11. The third-order valence-corrected chi connectivity index (χ3v) is 5.02. The largest absolute Gasteiger partial charge is 0.462 e. The third-order valence-electron chi connectivity index (χ3n) is 3.86. The van der Waals surface area contributed by atoms with Gasteiger partial charge in [-0.1, -0.05) is 24.3 Å². The molecule has 0 radical (unpaired) electrons. The summed E-state index contributed by atoms with van der Waals surface area (Å²) in [5, 5.41) is 2.65. The minimum absolute atomic E-state index is 0.190. The van der Waals surface area contributed by atoms with Crippen LogP contribution in [0.4, 0.5) is 14.5 Å². The summed E-state index contributed by atoms with van der Waals surface area (Å²) < 4.78 is 31.5. The fourth-order valence-corrected chi connectivity index (χ4v) is 3.56. The highest BCUT2D eigenvalue weighted by atomic mass is 32.1. The van der Waals surface area contributed by atoms with E-state index in [0.717, 1.165) is 11.3 Å². The normalized spacial score (nSPS) is 10.9. The summed E-state index contributed by atoms with van der Waals surface area (Å²) in [4.78, 5) is 25.5. The van der Waals surface area contributed by atoms with Crippen LogP contribution in [0, 0.1) is 11.6 Å². The summed E-state index contributed by atoms with van der Waals surface area (Å²) in [5.41, 5.74) is 1.53. The van der Waals surface area contributed by atoms with Gasteiger partial charge in [-0.05, 0) is 54.5 Å². The van der Waals surface area contributed by atoms with Crippen molar-refractivity contribution in [2.45, 2.75) is 6.92 Å². The molecule has 0 aliphatic rings. The maximum Gasteiger partial charge on any atom is 0.350 e. The Kier molecular flexibility index (Phi) is 6.51. The van der Waals surface area contributed by atoms with Gasteiger partial charge in [0, 0.05) is 11.0 Å². The van der Waals surface area contributed by atoms with E-state index >= 15 is 0 Å². The number of anilines is 1. The lowest BCUT2D eigenvalue weighted by Crippen LogP contribution is -2.11. The van der Waals surface area contributed by atoms with Gasteiger partial charge < -0.3 is 10.1 Å². The highest BCUT2D eigenvalue weighted by molar-refractivity contribution is 7.18. The van der Waals surface area contributed by atoms with E-state index in [2.05, 4.69) is 5.32 Å². The Morgan fingerprint density at radius 2 is 1.83 bits per heavy atom. The van der Waals surface area contributed by atoms with E-state index in [-0.39, 0.29) is 17.3 Å². The Hall–Kier alpha value is -3.32. The number of hydrogen-bond donors (Lipinski definition) is 1.